The number of para-hydroxylation sites is 1. The van der Waals surface area contributed by atoms with Crippen molar-refractivity contribution in [3.05, 3.63) is 30.3 Å². The number of carboxylic acids is 1. The van der Waals surface area contributed by atoms with Crippen molar-refractivity contribution < 1.29 is 29.0 Å². The molecule has 0 aliphatic heterocycles. The quantitative estimate of drug-likeness (QED) is 0.411. The van der Waals surface area contributed by atoms with E-state index < -0.39 is 23.3 Å². The van der Waals surface area contributed by atoms with Gasteiger partial charge in [-0.1, -0.05) is 44.4 Å². The Balaban J connectivity index is 2.07. The van der Waals surface area contributed by atoms with Crippen LogP contribution in [0.3, 0.4) is 0 Å². The Kier molecular flexibility index (Phi) is 10.5. The van der Waals surface area contributed by atoms with Gasteiger partial charge in [0.25, 0.3) is 0 Å². The predicted octanol–water partition coefficient (Wildman–Crippen LogP) is 4.34. The van der Waals surface area contributed by atoms with E-state index in [0.717, 1.165) is 25.0 Å². The summed E-state index contributed by atoms with van der Waals surface area (Å²) in [4.78, 5) is 37.3. The summed E-state index contributed by atoms with van der Waals surface area (Å²) in [6.07, 6.45) is 5.35. The maximum atomic E-state index is 13.4. The van der Waals surface area contributed by atoms with E-state index >= 15 is 0 Å². The summed E-state index contributed by atoms with van der Waals surface area (Å²) in [5, 5.41) is 12.7. The molecule has 32 heavy (non-hydrogen) atoms. The van der Waals surface area contributed by atoms with E-state index in [0.29, 0.717) is 38.7 Å². The van der Waals surface area contributed by atoms with E-state index in [2.05, 4.69) is 5.32 Å². The molecule has 1 aromatic rings. The van der Waals surface area contributed by atoms with Gasteiger partial charge in [0.2, 0.25) is 5.91 Å². The normalized spacial score (nSPS) is 16.7. The predicted molar refractivity (Wildman–Crippen MR) is 121 cm³/mol. The molecule has 1 aliphatic carbocycles. The number of benzene rings is 1. The zero-order chi connectivity index (χ0) is 23.4. The number of carbonyl (C=O) groups excluding carboxylic acids is 2. The molecule has 2 rings (SSSR count). The minimum atomic E-state index is -0.842. The molecular weight excluding hydrogens is 410 g/mol. The Morgan fingerprint density at radius 3 is 2.38 bits per heavy atom. The number of aliphatic carboxylic acids is 1. The van der Waals surface area contributed by atoms with Crippen molar-refractivity contribution in [3.8, 4) is 5.75 Å². The molecule has 0 bridgehead atoms. The molecule has 0 saturated heterocycles. The van der Waals surface area contributed by atoms with Gasteiger partial charge in [-0.3, -0.25) is 14.4 Å². The number of carbonyl (C=O) groups is 3. The first-order chi connectivity index (χ1) is 15.4. The molecule has 1 saturated carbocycles. The lowest BCUT2D eigenvalue weighted by molar-refractivity contribution is -0.144. The number of rotatable bonds is 14. The summed E-state index contributed by atoms with van der Waals surface area (Å²) in [6.45, 7) is 4.33. The summed E-state index contributed by atoms with van der Waals surface area (Å²) in [7, 11) is 0. The molecule has 2 N–H and O–H groups in total. The maximum absolute atomic E-state index is 13.4. The molecule has 0 aromatic heterocycles. The molecule has 0 heterocycles. The number of nitrogens with one attached hydrogen (secondary N) is 1. The van der Waals surface area contributed by atoms with Crippen molar-refractivity contribution in [1.82, 2.24) is 5.32 Å². The summed E-state index contributed by atoms with van der Waals surface area (Å²) < 4.78 is 10.8. The topological polar surface area (TPSA) is 102 Å². The van der Waals surface area contributed by atoms with Crippen LogP contribution in [0.1, 0.15) is 71.6 Å². The zero-order valence-electron chi connectivity index (χ0n) is 19.3. The van der Waals surface area contributed by atoms with Crippen LogP contribution in [-0.4, -0.2) is 42.2 Å². The van der Waals surface area contributed by atoms with Gasteiger partial charge in [-0.15, -0.1) is 0 Å². The first-order valence-electron chi connectivity index (χ1n) is 11.8. The van der Waals surface area contributed by atoms with Crippen LogP contribution in [0.4, 0.5) is 0 Å². The number of hydrogen-bond donors (Lipinski definition) is 2. The first-order valence-corrected chi connectivity index (χ1v) is 11.8. The Hall–Kier alpha value is -2.57. The van der Waals surface area contributed by atoms with Crippen LogP contribution in [0.25, 0.3) is 0 Å². The van der Waals surface area contributed by atoms with Crippen LogP contribution in [-0.2, 0) is 19.1 Å². The van der Waals surface area contributed by atoms with E-state index in [1.165, 1.54) is 0 Å². The van der Waals surface area contributed by atoms with Gasteiger partial charge in [0.05, 0.1) is 31.0 Å². The van der Waals surface area contributed by atoms with Gasteiger partial charge in [0.15, 0.2) is 0 Å². The first kappa shape index (κ1) is 25.7. The third-order valence-corrected chi connectivity index (χ3v) is 6.20. The lowest BCUT2D eigenvalue weighted by atomic mass is 9.75. The molecule has 178 valence electrons. The van der Waals surface area contributed by atoms with Gasteiger partial charge in [0, 0.05) is 12.5 Å². The largest absolute Gasteiger partial charge is 0.494 e. The Morgan fingerprint density at radius 1 is 1.09 bits per heavy atom. The third kappa shape index (κ3) is 7.84. The second kappa shape index (κ2) is 13.1. The standard InChI is InChI=1S/C25H37NO6/c1-3-10-19(23(28)29)18-25(14-8-9-15-25)24(30)26-20(17-22(27)31-4-2)13-16-32-21-11-6-5-7-12-21/h5-7,11-12,19-20H,3-4,8-10,13-18H2,1-2H3,(H,26,30)(H,28,29). The molecule has 2 unspecified atom stereocenters. The number of ether oxygens (including phenoxy) is 2. The van der Waals surface area contributed by atoms with Gasteiger partial charge in [-0.2, -0.15) is 0 Å². The average molecular weight is 448 g/mol. The molecule has 7 heteroatoms. The van der Waals surface area contributed by atoms with E-state index in [1.807, 2.05) is 37.3 Å². The Labute approximate surface area is 190 Å². The molecule has 1 fully saturated rings. The van der Waals surface area contributed by atoms with Crippen molar-refractivity contribution in [2.75, 3.05) is 13.2 Å². The fourth-order valence-corrected chi connectivity index (χ4v) is 4.53. The van der Waals surface area contributed by atoms with Crippen molar-refractivity contribution in [1.29, 1.82) is 0 Å². The minimum Gasteiger partial charge on any atom is -0.494 e. The lowest BCUT2D eigenvalue weighted by Gasteiger charge is -2.32. The van der Waals surface area contributed by atoms with E-state index in [-0.39, 0.29) is 24.9 Å². The highest BCUT2D eigenvalue weighted by Crippen LogP contribution is 2.44. The van der Waals surface area contributed by atoms with Gasteiger partial charge in [-0.25, -0.2) is 0 Å². The Morgan fingerprint density at radius 2 is 1.78 bits per heavy atom. The lowest BCUT2D eigenvalue weighted by Crippen LogP contribution is -2.47. The van der Waals surface area contributed by atoms with Crippen LogP contribution >= 0.6 is 0 Å². The highest BCUT2D eigenvalue weighted by molar-refractivity contribution is 5.84. The minimum absolute atomic E-state index is 0.0606. The summed E-state index contributed by atoms with van der Waals surface area (Å²) in [6, 6.07) is 8.94. The highest BCUT2D eigenvalue weighted by Gasteiger charge is 2.44. The zero-order valence-corrected chi connectivity index (χ0v) is 19.3. The second-order valence-corrected chi connectivity index (χ2v) is 8.65. The highest BCUT2D eigenvalue weighted by atomic mass is 16.5. The summed E-state index contributed by atoms with van der Waals surface area (Å²) >= 11 is 0. The molecule has 7 nitrogen and oxygen atoms in total. The molecular formula is C25H37NO6. The van der Waals surface area contributed by atoms with E-state index in [1.54, 1.807) is 6.92 Å². The van der Waals surface area contributed by atoms with Gasteiger partial charge in [-0.05, 0) is 44.7 Å². The Bertz CT molecular complexity index is 729. The van der Waals surface area contributed by atoms with Crippen molar-refractivity contribution in [3.63, 3.8) is 0 Å². The van der Waals surface area contributed by atoms with Crippen LogP contribution in [0.5, 0.6) is 5.75 Å². The third-order valence-electron chi connectivity index (χ3n) is 6.20. The van der Waals surface area contributed by atoms with Crippen LogP contribution in [0.15, 0.2) is 30.3 Å². The molecule has 1 aliphatic rings. The second-order valence-electron chi connectivity index (χ2n) is 8.65. The molecule has 2 atom stereocenters. The summed E-state index contributed by atoms with van der Waals surface area (Å²) in [5.74, 6) is -1.16. The van der Waals surface area contributed by atoms with Crippen LogP contribution in [0, 0.1) is 11.3 Å². The van der Waals surface area contributed by atoms with Crippen molar-refractivity contribution >= 4 is 17.8 Å². The van der Waals surface area contributed by atoms with Gasteiger partial charge < -0.3 is 19.9 Å². The van der Waals surface area contributed by atoms with Gasteiger partial charge >= 0.3 is 11.9 Å². The van der Waals surface area contributed by atoms with Crippen molar-refractivity contribution in [2.24, 2.45) is 11.3 Å². The average Bonchev–Trinajstić information content (AvgIpc) is 3.24. The number of hydrogen-bond acceptors (Lipinski definition) is 5. The number of esters is 1. The molecule has 1 amide bonds. The monoisotopic (exact) mass is 447 g/mol. The van der Waals surface area contributed by atoms with Gasteiger partial charge in [0.1, 0.15) is 5.75 Å². The van der Waals surface area contributed by atoms with E-state index in [4.69, 9.17) is 9.47 Å². The number of carboxylic acid groups (broad SMARTS) is 1. The molecule has 1 aromatic carbocycles. The fraction of sp³-hybridized carbons (Fsp3) is 0.640. The smallest absolute Gasteiger partial charge is 0.307 e. The number of amides is 1. The SMILES string of the molecule is CCCC(CC1(C(=O)NC(CCOc2ccccc2)CC(=O)OCC)CCCC1)C(=O)O. The molecule has 0 radical (unpaired) electrons. The maximum Gasteiger partial charge on any atom is 0.307 e. The van der Waals surface area contributed by atoms with Crippen LogP contribution in [0.2, 0.25) is 0 Å². The summed E-state index contributed by atoms with van der Waals surface area (Å²) in [5.41, 5.74) is -0.689. The van der Waals surface area contributed by atoms with Crippen LogP contribution < -0.4 is 10.1 Å². The fourth-order valence-electron chi connectivity index (χ4n) is 4.53. The molecule has 0 spiro atoms. The van der Waals surface area contributed by atoms with E-state index in [9.17, 15) is 19.5 Å². The van der Waals surface area contributed by atoms with Crippen molar-refractivity contribution in [2.45, 2.75) is 77.7 Å².